The molecule has 2 aromatic rings. The van der Waals surface area contributed by atoms with Gasteiger partial charge in [-0.05, 0) is 42.3 Å². The number of nitrogens with two attached hydrogens (primary N) is 1. The molecule has 0 aliphatic heterocycles. The minimum Gasteiger partial charge on any atom is -0.355 e. The molecule has 0 spiro atoms. The minimum absolute atomic E-state index is 0.0130. The first-order chi connectivity index (χ1) is 9.06. The normalized spacial score (nSPS) is 12.2. The van der Waals surface area contributed by atoms with Crippen LogP contribution in [-0.4, -0.2) is 12.0 Å². The first-order valence-corrected chi connectivity index (χ1v) is 6.23. The zero-order valence-electron chi connectivity index (χ0n) is 11.2. The van der Waals surface area contributed by atoms with Crippen LogP contribution in [0, 0.1) is 5.82 Å². The van der Waals surface area contributed by atoms with Crippen molar-refractivity contribution in [2.45, 2.75) is 19.5 Å². The highest BCUT2D eigenvalue weighted by Gasteiger charge is 2.06. The molecule has 0 saturated carbocycles. The van der Waals surface area contributed by atoms with Gasteiger partial charge in [0, 0.05) is 25.8 Å². The van der Waals surface area contributed by atoms with Crippen LogP contribution in [0.4, 0.5) is 10.2 Å². The van der Waals surface area contributed by atoms with Gasteiger partial charge in [0.2, 0.25) is 0 Å². The number of rotatable bonds is 4. The number of halogens is 1. The predicted octanol–water partition coefficient (Wildman–Crippen LogP) is 2.88. The van der Waals surface area contributed by atoms with E-state index in [1.165, 1.54) is 12.1 Å². The molecule has 100 valence electrons. The van der Waals surface area contributed by atoms with Gasteiger partial charge in [0.05, 0.1) is 0 Å². The Kier molecular flexibility index (Phi) is 4.12. The Morgan fingerprint density at radius 2 is 1.95 bits per heavy atom. The fraction of sp³-hybridized carbons (Fsp3) is 0.267. The summed E-state index contributed by atoms with van der Waals surface area (Å²) in [7, 11) is 1.96. The molecule has 1 atom stereocenters. The van der Waals surface area contributed by atoms with Crippen molar-refractivity contribution in [1.29, 1.82) is 0 Å². The topological polar surface area (TPSA) is 42.1 Å². The number of aromatic nitrogens is 1. The summed E-state index contributed by atoms with van der Waals surface area (Å²) < 4.78 is 12.8. The molecule has 0 radical (unpaired) electrons. The van der Waals surface area contributed by atoms with Crippen LogP contribution >= 0.6 is 0 Å². The summed E-state index contributed by atoms with van der Waals surface area (Å²) in [5.74, 6) is 0.641. The standard InChI is InChI=1S/C15H18FN3/c1-11(17)13-7-8-18-15(9-13)19(2)10-12-3-5-14(16)6-4-12/h3-9,11H,10,17H2,1-2H3. The minimum atomic E-state index is -0.219. The van der Waals surface area contributed by atoms with E-state index in [0.717, 1.165) is 16.9 Å². The van der Waals surface area contributed by atoms with E-state index >= 15 is 0 Å². The summed E-state index contributed by atoms with van der Waals surface area (Å²) in [4.78, 5) is 6.34. The molecule has 1 heterocycles. The number of nitrogens with zero attached hydrogens (tertiary/aromatic N) is 2. The molecule has 0 saturated heterocycles. The van der Waals surface area contributed by atoms with Crippen molar-refractivity contribution in [3.05, 3.63) is 59.5 Å². The highest BCUT2D eigenvalue weighted by atomic mass is 19.1. The Balaban J connectivity index is 2.13. The lowest BCUT2D eigenvalue weighted by Crippen LogP contribution is -2.18. The maximum Gasteiger partial charge on any atom is 0.128 e. The maximum absolute atomic E-state index is 12.8. The molecule has 0 bridgehead atoms. The second kappa shape index (κ2) is 5.80. The average molecular weight is 259 g/mol. The maximum atomic E-state index is 12.8. The van der Waals surface area contributed by atoms with E-state index < -0.39 is 0 Å². The molecule has 1 aromatic carbocycles. The van der Waals surface area contributed by atoms with Crippen LogP contribution in [0.5, 0.6) is 0 Å². The smallest absolute Gasteiger partial charge is 0.128 e. The summed E-state index contributed by atoms with van der Waals surface area (Å²) >= 11 is 0. The predicted molar refractivity (Wildman–Crippen MR) is 75.3 cm³/mol. The van der Waals surface area contributed by atoms with Gasteiger partial charge in [0.1, 0.15) is 11.6 Å². The van der Waals surface area contributed by atoms with Gasteiger partial charge in [-0.2, -0.15) is 0 Å². The molecule has 0 fully saturated rings. The third kappa shape index (κ3) is 3.51. The van der Waals surface area contributed by atoms with Gasteiger partial charge >= 0.3 is 0 Å². The van der Waals surface area contributed by atoms with Crippen LogP contribution in [0.3, 0.4) is 0 Å². The first kappa shape index (κ1) is 13.5. The fourth-order valence-electron chi connectivity index (χ4n) is 1.87. The van der Waals surface area contributed by atoms with E-state index in [2.05, 4.69) is 4.98 Å². The summed E-state index contributed by atoms with van der Waals surface area (Å²) in [5.41, 5.74) is 7.95. The Hall–Kier alpha value is -1.94. The van der Waals surface area contributed by atoms with E-state index in [1.54, 1.807) is 18.3 Å². The molecule has 4 heteroatoms. The Morgan fingerprint density at radius 1 is 1.26 bits per heavy atom. The van der Waals surface area contributed by atoms with Crippen molar-refractivity contribution < 1.29 is 4.39 Å². The lowest BCUT2D eigenvalue weighted by molar-refractivity contribution is 0.627. The summed E-state index contributed by atoms with van der Waals surface area (Å²) in [6, 6.07) is 10.4. The van der Waals surface area contributed by atoms with Crippen LogP contribution < -0.4 is 10.6 Å². The van der Waals surface area contributed by atoms with Crippen molar-refractivity contribution in [2.24, 2.45) is 5.73 Å². The summed E-state index contributed by atoms with van der Waals surface area (Å²) in [5, 5.41) is 0. The molecule has 1 aromatic heterocycles. The summed E-state index contributed by atoms with van der Waals surface area (Å²) in [6.07, 6.45) is 1.76. The molecular formula is C15H18FN3. The zero-order chi connectivity index (χ0) is 13.8. The number of benzene rings is 1. The molecule has 19 heavy (non-hydrogen) atoms. The monoisotopic (exact) mass is 259 g/mol. The molecule has 0 aliphatic rings. The van der Waals surface area contributed by atoms with Crippen molar-refractivity contribution >= 4 is 5.82 Å². The lowest BCUT2D eigenvalue weighted by Gasteiger charge is -2.19. The largest absolute Gasteiger partial charge is 0.355 e. The molecular weight excluding hydrogens is 241 g/mol. The van der Waals surface area contributed by atoms with Crippen molar-refractivity contribution in [3.8, 4) is 0 Å². The van der Waals surface area contributed by atoms with E-state index in [4.69, 9.17) is 5.73 Å². The second-order valence-electron chi connectivity index (χ2n) is 4.72. The molecule has 2 rings (SSSR count). The van der Waals surface area contributed by atoms with Gasteiger partial charge < -0.3 is 10.6 Å². The van der Waals surface area contributed by atoms with Gasteiger partial charge in [-0.1, -0.05) is 12.1 Å². The van der Waals surface area contributed by atoms with Crippen LogP contribution in [0.15, 0.2) is 42.6 Å². The van der Waals surface area contributed by atoms with E-state index in [-0.39, 0.29) is 11.9 Å². The average Bonchev–Trinajstić information content (AvgIpc) is 2.41. The third-order valence-electron chi connectivity index (χ3n) is 3.02. The van der Waals surface area contributed by atoms with E-state index in [9.17, 15) is 4.39 Å². The number of hydrogen-bond donors (Lipinski definition) is 1. The number of anilines is 1. The number of hydrogen-bond acceptors (Lipinski definition) is 3. The Bertz CT molecular complexity index is 537. The van der Waals surface area contributed by atoms with Gasteiger partial charge in [-0.15, -0.1) is 0 Å². The van der Waals surface area contributed by atoms with Crippen LogP contribution in [0.2, 0.25) is 0 Å². The lowest BCUT2D eigenvalue weighted by atomic mass is 10.1. The Morgan fingerprint density at radius 3 is 2.58 bits per heavy atom. The molecule has 3 nitrogen and oxygen atoms in total. The summed E-state index contributed by atoms with van der Waals surface area (Å²) in [6.45, 7) is 2.62. The molecule has 0 amide bonds. The van der Waals surface area contributed by atoms with Crippen molar-refractivity contribution in [3.63, 3.8) is 0 Å². The van der Waals surface area contributed by atoms with Crippen LogP contribution in [0.1, 0.15) is 24.1 Å². The van der Waals surface area contributed by atoms with Gasteiger partial charge in [0.25, 0.3) is 0 Å². The van der Waals surface area contributed by atoms with Crippen LogP contribution in [-0.2, 0) is 6.54 Å². The second-order valence-corrected chi connectivity index (χ2v) is 4.72. The number of pyridine rings is 1. The Labute approximate surface area is 112 Å². The highest BCUT2D eigenvalue weighted by Crippen LogP contribution is 2.17. The zero-order valence-corrected chi connectivity index (χ0v) is 11.2. The fourth-order valence-corrected chi connectivity index (χ4v) is 1.87. The molecule has 2 N–H and O–H groups in total. The van der Waals surface area contributed by atoms with E-state index in [1.807, 2.05) is 31.0 Å². The SMILES string of the molecule is CC(N)c1ccnc(N(C)Cc2ccc(F)cc2)c1. The first-order valence-electron chi connectivity index (χ1n) is 6.23. The third-order valence-corrected chi connectivity index (χ3v) is 3.02. The molecule has 1 unspecified atom stereocenters. The highest BCUT2D eigenvalue weighted by molar-refractivity contribution is 5.41. The van der Waals surface area contributed by atoms with E-state index in [0.29, 0.717) is 6.54 Å². The van der Waals surface area contributed by atoms with Gasteiger partial charge in [0.15, 0.2) is 0 Å². The van der Waals surface area contributed by atoms with Gasteiger partial charge in [-0.3, -0.25) is 0 Å². The van der Waals surface area contributed by atoms with Crippen molar-refractivity contribution in [2.75, 3.05) is 11.9 Å². The van der Waals surface area contributed by atoms with Crippen molar-refractivity contribution in [1.82, 2.24) is 4.98 Å². The van der Waals surface area contributed by atoms with Crippen LogP contribution in [0.25, 0.3) is 0 Å². The quantitative estimate of drug-likeness (QED) is 0.918. The molecule has 0 aliphatic carbocycles. The van der Waals surface area contributed by atoms with Gasteiger partial charge in [-0.25, -0.2) is 9.37 Å².